The van der Waals surface area contributed by atoms with Gasteiger partial charge in [0.25, 0.3) is 10.0 Å². The number of nitrogens with one attached hydrogen (secondary N) is 2. The lowest BCUT2D eigenvalue weighted by molar-refractivity contribution is 0.603. The van der Waals surface area contributed by atoms with Gasteiger partial charge in [-0.25, -0.2) is 8.42 Å². The zero-order chi connectivity index (χ0) is 13.3. The van der Waals surface area contributed by atoms with Crippen molar-refractivity contribution in [2.45, 2.75) is 17.1 Å². The Kier molecular flexibility index (Phi) is 3.20. The Morgan fingerprint density at radius 2 is 2.16 bits per heavy atom. The second kappa shape index (κ2) is 4.86. The molecule has 0 atom stereocenters. The van der Waals surface area contributed by atoms with Crippen LogP contribution in [0.4, 0.5) is 11.4 Å². The Labute approximate surface area is 116 Å². The number of rotatable bonds is 3. The summed E-state index contributed by atoms with van der Waals surface area (Å²) in [4.78, 5) is 0. The standard InChI is InChI=1S/C13H14N2O2S2/c16-19(17,13-4-2-8-18-13)15-11-5-6-12-10(9-11)3-1-7-14-12/h2,4-6,8-9,14-15H,1,3,7H2. The Morgan fingerprint density at radius 1 is 1.26 bits per heavy atom. The van der Waals surface area contributed by atoms with Gasteiger partial charge in [-0.05, 0) is 48.1 Å². The third-order valence-corrected chi connectivity index (χ3v) is 5.83. The van der Waals surface area contributed by atoms with E-state index in [0.717, 1.165) is 30.6 Å². The van der Waals surface area contributed by atoms with E-state index >= 15 is 0 Å². The molecule has 3 rings (SSSR count). The van der Waals surface area contributed by atoms with E-state index in [2.05, 4.69) is 10.0 Å². The van der Waals surface area contributed by atoms with Crippen LogP contribution >= 0.6 is 11.3 Å². The van der Waals surface area contributed by atoms with Crippen molar-refractivity contribution in [2.24, 2.45) is 0 Å². The molecule has 4 nitrogen and oxygen atoms in total. The normalized spacial score (nSPS) is 14.5. The fraction of sp³-hybridized carbons (Fsp3) is 0.231. The van der Waals surface area contributed by atoms with Crippen LogP contribution in [-0.2, 0) is 16.4 Å². The summed E-state index contributed by atoms with van der Waals surface area (Å²) in [5.41, 5.74) is 2.89. The lowest BCUT2D eigenvalue weighted by atomic mass is 10.0. The second-order valence-electron chi connectivity index (χ2n) is 4.44. The molecule has 0 aliphatic carbocycles. The number of thiophene rings is 1. The van der Waals surface area contributed by atoms with Crippen molar-refractivity contribution in [3.05, 3.63) is 41.3 Å². The number of sulfonamides is 1. The van der Waals surface area contributed by atoms with Crippen molar-refractivity contribution in [2.75, 3.05) is 16.6 Å². The summed E-state index contributed by atoms with van der Waals surface area (Å²) in [5, 5.41) is 5.06. The maximum Gasteiger partial charge on any atom is 0.271 e. The SMILES string of the molecule is O=S(=O)(Nc1ccc2c(c1)CCCN2)c1cccs1. The summed E-state index contributed by atoms with van der Waals surface area (Å²) in [7, 11) is -3.45. The number of hydrogen-bond donors (Lipinski definition) is 2. The van der Waals surface area contributed by atoms with Gasteiger partial charge in [0.15, 0.2) is 0 Å². The second-order valence-corrected chi connectivity index (χ2v) is 7.30. The van der Waals surface area contributed by atoms with Crippen LogP contribution in [-0.4, -0.2) is 15.0 Å². The summed E-state index contributed by atoms with van der Waals surface area (Å²) in [6.45, 7) is 0.979. The molecule has 1 aliphatic heterocycles. The molecule has 1 aromatic heterocycles. The maximum atomic E-state index is 12.1. The third kappa shape index (κ3) is 2.59. The molecule has 0 bridgehead atoms. The van der Waals surface area contributed by atoms with E-state index in [4.69, 9.17) is 0 Å². The highest BCUT2D eigenvalue weighted by Gasteiger charge is 2.16. The van der Waals surface area contributed by atoms with Crippen molar-refractivity contribution in [3.8, 4) is 0 Å². The molecule has 0 fully saturated rings. The molecule has 2 N–H and O–H groups in total. The van der Waals surface area contributed by atoms with Gasteiger partial charge in [-0.15, -0.1) is 11.3 Å². The Bertz CT molecular complexity index is 679. The van der Waals surface area contributed by atoms with Crippen LogP contribution < -0.4 is 10.0 Å². The molecule has 0 radical (unpaired) electrons. The average molecular weight is 294 g/mol. The number of benzene rings is 1. The molecule has 0 saturated heterocycles. The zero-order valence-corrected chi connectivity index (χ0v) is 11.9. The molecule has 19 heavy (non-hydrogen) atoms. The van der Waals surface area contributed by atoms with Gasteiger partial charge in [0, 0.05) is 17.9 Å². The van der Waals surface area contributed by atoms with Crippen LogP contribution in [0.1, 0.15) is 12.0 Å². The van der Waals surface area contributed by atoms with E-state index in [0.29, 0.717) is 9.90 Å². The first-order chi connectivity index (χ1) is 9.15. The lowest BCUT2D eigenvalue weighted by Gasteiger charge is -2.18. The summed E-state index contributed by atoms with van der Waals surface area (Å²) in [5.74, 6) is 0. The molecular weight excluding hydrogens is 280 g/mol. The van der Waals surface area contributed by atoms with Crippen LogP contribution in [0.5, 0.6) is 0 Å². The predicted octanol–water partition coefficient (Wildman–Crippen LogP) is 2.91. The van der Waals surface area contributed by atoms with E-state index in [-0.39, 0.29) is 0 Å². The Morgan fingerprint density at radius 3 is 2.95 bits per heavy atom. The van der Waals surface area contributed by atoms with Crippen LogP contribution in [0.3, 0.4) is 0 Å². The summed E-state index contributed by atoms with van der Waals surface area (Å²) in [6, 6.07) is 8.97. The molecule has 6 heteroatoms. The largest absolute Gasteiger partial charge is 0.385 e. The third-order valence-electron chi connectivity index (χ3n) is 3.06. The number of hydrogen-bond acceptors (Lipinski definition) is 4. The minimum Gasteiger partial charge on any atom is -0.385 e. The van der Waals surface area contributed by atoms with Gasteiger partial charge in [-0.2, -0.15) is 0 Å². The highest BCUT2D eigenvalue weighted by atomic mass is 32.2. The average Bonchev–Trinajstić information content (AvgIpc) is 2.93. The van der Waals surface area contributed by atoms with Gasteiger partial charge in [-0.1, -0.05) is 6.07 Å². The fourth-order valence-corrected chi connectivity index (χ4v) is 4.20. The predicted molar refractivity (Wildman–Crippen MR) is 78.4 cm³/mol. The lowest BCUT2D eigenvalue weighted by Crippen LogP contribution is -2.14. The smallest absolute Gasteiger partial charge is 0.271 e. The van der Waals surface area contributed by atoms with E-state index < -0.39 is 10.0 Å². The topological polar surface area (TPSA) is 58.2 Å². The van der Waals surface area contributed by atoms with Crippen molar-refractivity contribution >= 4 is 32.7 Å². The minimum atomic E-state index is -3.45. The van der Waals surface area contributed by atoms with Crippen LogP contribution in [0.2, 0.25) is 0 Å². The summed E-state index contributed by atoms with van der Waals surface area (Å²) < 4.78 is 27.2. The van der Waals surface area contributed by atoms with E-state index in [1.165, 1.54) is 11.3 Å². The minimum absolute atomic E-state index is 0.336. The fourth-order valence-electron chi connectivity index (χ4n) is 2.16. The summed E-state index contributed by atoms with van der Waals surface area (Å²) >= 11 is 1.22. The van der Waals surface area contributed by atoms with Gasteiger partial charge in [-0.3, -0.25) is 4.72 Å². The van der Waals surface area contributed by atoms with Gasteiger partial charge >= 0.3 is 0 Å². The molecule has 0 unspecified atom stereocenters. The number of anilines is 2. The summed E-state index contributed by atoms with van der Waals surface area (Å²) in [6.07, 6.45) is 2.06. The van der Waals surface area contributed by atoms with Gasteiger partial charge in [0.05, 0.1) is 0 Å². The van der Waals surface area contributed by atoms with Crippen molar-refractivity contribution < 1.29 is 8.42 Å². The Hall–Kier alpha value is -1.53. The zero-order valence-electron chi connectivity index (χ0n) is 10.2. The molecule has 0 saturated carbocycles. The monoisotopic (exact) mass is 294 g/mol. The van der Waals surface area contributed by atoms with Crippen LogP contribution in [0.25, 0.3) is 0 Å². The first-order valence-corrected chi connectivity index (χ1v) is 8.44. The molecule has 2 heterocycles. The highest BCUT2D eigenvalue weighted by molar-refractivity contribution is 7.94. The van der Waals surface area contributed by atoms with Crippen LogP contribution in [0.15, 0.2) is 39.9 Å². The van der Waals surface area contributed by atoms with Crippen molar-refractivity contribution in [1.82, 2.24) is 0 Å². The quantitative estimate of drug-likeness (QED) is 0.915. The van der Waals surface area contributed by atoms with Gasteiger partial charge < -0.3 is 5.32 Å². The molecule has 2 aromatic rings. The number of fused-ring (bicyclic) bond motifs is 1. The van der Waals surface area contributed by atoms with E-state index in [1.807, 2.05) is 12.1 Å². The number of aryl methyl sites for hydroxylation is 1. The molecule has 0 amide bonds. The van der Waals surface area contributed by atoms with Crippen LogP contribution in [0, 0.1) is 0 Å². The van der Waals surface area contributed by atoms with Crippen molar-refractivity contribution in [1.29, 1.82) is 0 Å². The molecule has 1 aliphatic rings. The highest BCUT2D eigenvalue weighted by Crippen LogP contribution is 2.27. The van der Waals surface area contributed by atoms with E-state index in [1.54, 1.807) is 23.6 Å². The van der Waals surface area contributed by atoms with Gasteiger partial charge in [0.2, 0.25) is 0 Å². The first kappa shape index (κ1) is 12.5. The maximum absolute atomic E-state index is 12.1. The van der Waals surface area contributed by atoms with Gasteiger partial charge in [0.1, 0.15) is 4.21 Å². The van der Waals surface area contributed by atoms with Crippen molar-refractivity contribution in [3.63, 3.8) is 0 Å². The molecule has 1 aromatic carbocycles. The van der Waals surface area contributed by atoms with E-state index in [9.17, 15) is 8.42 Å². The molecule has 0 spiro atoms. The molecule has 100 valence electrons. The first-order valence-electron chi connectivity index (χ1n) is 6.08. The Balaban J connectivity index is 1.88. The molecular formula is C13H14N2O2S2.